The number of benzene rings is 1. The van der Waals surface area contributed by atoms with Gasteiger partial charge in [-0.15, -0.1) is 0 Å². The first kappa shape index (κ1) is 13.5. The molecule has 2 aromatic rings. The van der Waals surface area contributed by atoms with Gasteiger partial charge >= 0.3 is 5.97 Å². The van der Waals surface area contributed by atoms with E-state index in [0.717, 1.165) is 16.5 Å². The fourth-order valence-corrected chi connectivity index (χ4v) is 2.38. The summed E-state index contributed by atoms with van der Waals surface area (Å²) in [6.45, 7) is 2.17. The first-order valence-electron chi connectivity index (χ1n) is 6.84. The van der Waals surface area contributed by atoms with Crippen LogP contribution in [-0.2, 0) is 4.79 Å². The molecule has 1 aromatic heterocycles. The molecule has 6 nitrogen and oxygen atoms in total. The van der Waals surface area contributed by atoms with Gasteiger partial charge in [0.15, 0.2) is 11.5 Å². The van der Waals surface area contributed by atoms with E-state index in [0.29, 0.717) is 18.0 Å². The Morgan fingerprint density at radius 1 is 1.43 bits per heavy atom. The van der Waals surface area contributed by atoms with Gasteiger partial charge < -0.3 is 19.9 Å². The lowest BCUT2D eigenvalue weighted by molar-refractivity contribution is -0.137. The highest BCUT2D eigenvalue weighted by atomic mass is 16.7. The number of nitrogens with zero attached hydrogens (tertiary/aromatic N) is 1. The van der Waals surface area contributed by atoms with Crippen LogP contribution in [0.15, 0.2) is 24.4 Å². The third-order valence-electron chi connectivity index (χ3n) is 3.51. The van der Waals surface area contributed by atoms with E-state index in [1.54, 1.807) is 6.20 Å². The third kappa shape index (κ3) is 2.69. The second-order valence-electron chi connectivity index (χ2n) is 4.93. The maximum Gasteiger partial charge on any atom is 0.305 e. The van der Waals surface area contributed by atoms with Crippen molar-refractivity contribution >= 4 is 22.6 Å². The normalized spacial score (nSPS) is 14.1. The Labute approximate surface area is 121 Å². The summed E-state index contributed by atoms with van der Waals surface area (Å²) in [4.78, 5) is 15.2. The standard InChI is InChI=1S/C15H16N2O4/c1-2-10(6-14(18)19)17-15-11-7-13-12(20-8-21-13)5-9(11)3-4-16-15/h3-5,7,10H,2,6,8H2,1H3,(H,16,17)(H,18,19). The molecule has 0 bridgehead atoms. The van der Waals surface area contributed by atoms with Gasteiger partial charge in [-0.2, -0.15) is 0 Å². The largest absolute Gasteiger partial charge is 0.481 e. The van der Waals surface area contributed by atoms with Gasteiger partial charge in [0, 0.05) is 17.6 Å². The Hall–Kier alpha value is -2.50. The number of pyridine rings is 1. The van der Waals surface area contributed by atoms with E-state index in [1.807, 2.05) is 25.1 Å². The van der Waals surface area contributed by atoms with Gasteiger partial charge in [-0.25, -0.2) is 4.98 Å². The predicted octanol–water partition coefficient (Wildman–Crippen LogP) is 2.63. The lowest BCUT2D eigenvalue weighted by atomic mass is 10.1. The fraction of sp³-hybridized carbons (Fsp3) is 0.333. The minimum Gasteiger partial charge on any atom is -0.481 e. The molecule has 1 aromatic carbocycles. The molecule has 6 heteroatoms. The second kappa shape index (κ2) is 5.47. The highest BCUT2D eigenvalue weighted by Crippen LogP contribution is 2.37. The van der Waals surface area contributed by atoms with E-state index in [9.17, 15) is 4.79 Å². The first-order chi connectivity index (χ1) is 10.2. The lowest BCUT2D eigenvalue weighted by Gasteiger charge is -2.17. The van der Waals surface area contributed by atoms with Gasteiger partial charge in [-0.05, 0) is 30.0 Å². The Kier molecular flexibility index (Phi) is 3.51. The fourth-order valence-electron chi connectivity index (χ4n) is 2.38. The smallest absolute Gasteiger partial charge is 0.305 e. The van der Waals surface area contributed by atoms with Crippen LogP contribution >= 0.6 is 0 Å². The molecular weight excluding hydrogens is 272 g/mol. The summed E-state index contributed by atoms with van der Waals surface area (Å²) in [5.74, 6) is 1.24. The number of anilines is 1. The Morgan fingerprint density at radius 2 is 2.19 bits per heavy atom. The highest BCUT2D eigenvalue weighted by Gasteiger charge is 2.17. The zero-order chi connectivity index (χ0) is 14.8. The van der Waals surface area contributed by atoms with Crippen LogP contribution in [0.2, 0.25) is 0 Å². The summed E-state index contributed by atoms with van der Waals surface area (Å²) in [7, 11) is 0. The summed E-state index contributed by atoms with van der Waals surface area (Å²) >= 11 is 0. The molecule has 0 radical (unpaired) electrons. The Bertz CT molecular complexity index is 687. The topological polar surface area (TPSA) is 80.7 Å². The van der Waals surface area contributed by atoms with Crippen molar-refractivity contribution in [1.82, 2.24) is 4.98 Å². The highest BCUT2D eigenvalue weighted by molar-refractivity contribution is 5.94. The van der Waals surface area contributed by atoms with Crippen LogP contribution in [0.4, 0.5) is 5.82 Å². The van der Waals surface area contributed by atoms with E-state index in [4.69, 9.17) is 14.6 Å². The molecule has 1 aliphatic heterocycles. The lowest BCUT2D eigenvalue weighted by Crippen LogP contribution is -2.22. The minimum atomic E-state index is -0.827. The number of carboxylic acid groups (broad SMARTS) is 1. The third-order valence-corrected chi connectivity index (χ3v) is 3.51. The molecule has 0 saturated carbocycles. The van der Waals surface area contributed by atoms with Crippen molar-refractivity contribution in [3.05, 3.63) is 24.4 Å². The molecule has 21 heavy (non-hydrogen) atoms. The number of aromatic nitrogens is 1. The van der Waals surface area contributed by atoms with Gasteiger partial charge in [0.1, 0.15) is 5.82 Å². The van der Waals surface area contributed by atoms with Crippen molar-refractivity contribution in [2.24, 2.45) is 0 Å². The number of nitrogens with one attached hydrogen (secondary N) is 1. The van der Waals surface area contributed by atoms with E-state index in [1.165, 1.54) is 0 Å². The van der Waals surface area contributed by atoms with Crippen molar-refractivity contribution in [3.8, 4) is 11.5 Å². The number of hydrogen-bond donors (Lipinski definition) is 2. The van der Waals surface area contributed by atoms with Crippen LogP contribution in [-0.4, -0.2) is 28.9 Å². The minimum absolute atomic E-state index is 0.0547. The SMILES string of the molecule is CCC(CC(=O)O)Nc1nccc2cc3c(cc12)OCO3. The van der Waals surface area contributed by atoms with Crippen molar-refractivity contribution in [2.75, 3.05) is 12.1 Å². The van der Waals surface area contributed by atoms with Crippen LogP contribution in [0.5, 0.6) is 11.5 Å². The van der Waals surface area contributed by atoms with Crippen molar-refractivity contribution in [3.63, 3.8) is 0 Å². The molecular formula is C15H16N2O4. The molecule has 1 unspecified atom stereocenters. The number of carboxylic acids is 1. The Balaban J connectivity index is 1.96. The zero-order valence-electron chi connectivity index (χ0n) is 11.6. The van der Waals surface area contributed by atoms with Crippen LogP contribution in [0.1, 0.15) is 19.8 Å². The van der Waals surface area contributed by atoms with Crippen LogP contribution in [0.25, 0.3) is 10.8 Å². The molecule has 110 valence electrons. The molecule has 0 amide bonds. The summed E-state index contributed by atoms with van der Waals surface area (Å²) in [6.07, 6.45) is 2.45. The molecule has 2 heterocycles. The molecule has 0 saturated heterocycles. The monoisotopic (exact) mass is 288 g/mol. The molecule has 1 atom stereocenters. The average molecular weight is 288 g/mol. The van der Waals surface area contributed by atoms with Crippen molar-refractivity contribution in [2.45, 2.75) is 25.8 Å². The molecule has 0 fully saturated rings. The zero-order valence-corrected chi connectivity index (χ0v) is 11.6. The first-order valence-corrected chi connectivity index (χ1v) is 6.84. The molecule has 0 aliphatic carbocycles. The van der Waals surface area contributed by atoms with E-state index >= 15 is 0 Å². The van der Waals surface area contributed by atoms with Crippen molar-refractivity contribution < 1.29 is 19.4 Å². The number of fused-ring (bicyclic) bond motifs is 2. The summed E-state index contributed by atoms with van der Waals surface area (Å²) in [6, 6.07) is 5.51. The molecule has 2 N–H and O–H groups in total. The maximum absolute atomic E-state index is 10.9. The van der Waals surface area contributed by atoms with E-state index < -0.39 is 5.97 Å². The summed E-state index contributed by atoms with van der Waals surface area (Å²) < 4.78 is 10.7. The quantitative estimate of drug-likeness (QED) is 0.880. The Morgan fingerprint density at radius 3 is 2.90 bits per heavy atom. The number of aliphatic carboxylic acids is 1. The molecule has 0 spiro atoms. The molecule has 1 aliphatic rings. The van der Waals surface area contributed by atoms with E-state index in [-0.39, 0.29) is 19.3 Å². The van der Waals surface area contributed by atoms with Crippen LogP contribution < -0.4 is 14.8 Å². The number of hydrogen-bond acceptors (Lipinski definition) is 5. The summed E-state index contributed by atoms with van der Waals surface area (Å²) in [5.41, 5.74) is 0. The van der Waals surface area contributed by atoms with Crippen molar-refractivity contribution in [1.29, 1.82) is 0 Å². The predicted molar refractivity (Wildman–Crippen MR) is 77.8 cm³/mol. The van der Waals surface area contributed by atoms with Gasteiger partial charge in [-0.3, -0.25) is 4.79 Å². The maximum atomic E-state index is 10.9. The van der Waals surface area contributed by atoms with Gasteiger partial charge in [-0.1, -0.05) is 6.92 Å². The molecule has 3 rings (SSSR count). The number of rotatable bonds is 5. The summed E-state index contributed by atoms with van der Waals surface area (Å²) in [5, 5.41) is 14.0. The average Bonchev–Trinajstić information content (AvgIpc) is 2.91. The van der Waals surface area contributed by atoms with Gasteiger partial charge in [0.25, 0.3) is 0 Å². The number of ether oxygens (including phenoxy) is 2. The van der Waals surface area contributed by atoms with Crippen LogP contribution in [0.3, 0.4) is 0 Å². The van der Waals surface area contributed by atoms with Gasteiger partial charge in [0.05, 0.1) is 6.42 Å². The van der Waals surface area contributed by atoms with Crippen LogP contribution in [0, 0.1) is 0 Å². The van der Waals surface area contributed by atoms with E-state index in [2.05, 4.69) is 10.3 Å². The second-order valence-corrected chi connectivity index (χ2v) is 4.93. The number of carbonyl (C=O) groups is 1. The van der Waals surface area contributed by atoms with Gasteiger partial charge in [0.2, 0.25) is 6.79 Å².